The summed E-state index contributed by atoms with van der Waals surface area (Å²) >= 11 is 6.41. The van der Waals surface area contributed by atoms with Gasteiger partial charge in [0.25, 0.3) is 0 Å². The second kappa shape index (κ2) is 5.80. The van der Waals surface area contributed by atoms with Crippen molar-refractivity contribution in [2.24, 2.45) is 0 Å². The Morgan fingerprint density at radius 2 is 1.83 bits per heavy atom. The largest absolute Gasteiger partial charge is 0.488 e. The molecule has 0 saturated heterocycles. The summed E-state index contributed by atoms with van der Waals surface area (Å²) in [5.41, 5.74) is 0.658. The standard InChI is InChI=1S/C13H8Br2F2O/c14-10-5-4-9(16)6-12(10)18-7-8-2-1-3-11(17)13(8)15/h1-6H,7H2. The minimum Gasteiger partial charge on any atom is -0.488 e. The first kappa shape index (κ1) is 13.5. The van der Waals surface area contributed by atoms with Crippen LogP contribution in [0.3, 0.4) is 0 Å². The summed E-state index contributed by atoms with van der Waals surface area (Å²) < 4.78 is 32.8. The molecule has 0 fully saturated rings. The summed E-state index contributed by atoms with van der Waals surface area (Å²) in [4.78, 5) is 0. The predicted octanol–water partition coefficient (Wildman–Crippen LogP) is 5.07. The highest BCUT2D eigenvalue weighted by atomic mass is 79.9. The summed E-state index contributed by atoms with van der Waals surface area (Å²) in [5.74, 6) is -0.355. The quantitative estimate of drug-likeness (QED) is 0.725. The average molecular weight is 378 g/mol. The van der Waals surface area contributed by atoms with E-state index in [9.17, 15) is 8.78 Å². The maximum absolute atomic E-state index is 13.3. The molecule has 94 valence electrons. The predicted molar refractivity (Wildman–Crippen MR) is 72.5 cm³/mol. The van der Waals surface area contributed by atoms with Gasteiger partial charge in [-0.1, -0.05) is 12.1 Å². The Morgan fingerprint density at radius 1 is 1.06 bits per heavy atom. The highest BCUT2D eigenvalue weighted by molar-refractivity contribution is 9.10. The van der Waals surface area contributed by atoms with Crippen LogP contribution < -0.4 is 4.74 Å². The summed E-state index contributed by atoms with van der Waals surface area (Å²) in [6, 6.07) is 8.85. The van der Waals surface area contributed by atoms with Gasteiger partial charge in [-0.25, -0.2) is 8.78 Å². The van der Waals surface area contributed by atoms with E-state index in [1.807, 2.05) is 0 Å². The van der Waals surface area contributed by atoms with Crippen LogP contribution in [0.4, 0.5) is 8.78 Å². The molecule has 0 radical (unpaired) electrons. The van der Waals surface area contributed by atoms with Gasteiger partial charge < -0.3 is 4.74 Å². The van der Waals surface area contributed by atoms with Crippen LogP contribution in [-0.2, 0) is 6.61 Å². The number of ether oxygens (including phenoxy) is 1. The van der Waals surface area contributed by atoms with E-state index in [-0.39, 0.29) is 18.2 Å². The molecule has 2 aromatic carbocycles. The van der Waals surface area contributed by atoms with Crippen LogP contribution in [0.2, 0.25) is 0 Å². The van der Waals surface area contributed by atoms with Crippen LogP contribution in [-0.4, -0.2) is 0 Å². The monoisotopic (exact) mass is 376 g/mol. The second-order valence-corrected chi connectivity index (χ2v) is 5.22. The van der Waals surface area contributed by atoms with Crippen molar-refractivity contribution < 1.29 is 13.5 Å². The van der Waals surface area contributed by atoms with Gasteiger partial charge >= 0.3 is 0 Å². The molecular formula is C13H8Br2F2O. The molecule has 0 bridgehead atoms. The first-order valence-corrected chi connectivity index (χ1v) is 6.67. The van der Waals surface area contributed by atoms with Crippen LogP contribution in [0, 0.1) is 11.6 Å². The molecule has 2 aromatic rings. The van der Waals surface area contributed by atoms with E-state index in [4.69, 9.17) is 4.74 Å². The van der Waals surface area contributed by atoms with Gasteiger partial charge in [0.05, 0.1) is 8.95 Å². The molecule has 0 N–H and O–H groups in total. The van der Waals surface area contributed by atoms with E-state index in [0.717, 1.165) is 0 Å². The molecule has 0 aliphatic carbocycles. The molecule has 0 spiro atoms. The normalized spacial score (nSPS) is 10.4. The lowest BCUT2D eigenvalue weighted by molar-refractivity contribution is 0.301. The van der Waals surface area contributed by atoms with E-state index in [2.05, 4.69) is 31.9 Å². The van der Waals surface area contributed by atoms with Crippen molar-refractivity contribution in [1.29, 1.82) is 0 Å². The summed E-state index contributed by atoms with van der Waals surface area (Å²) in [6.07, 6.45) is 0. The van der Waals surface area contributed by atoms with E-state index < -0.39 is 0 Å². The number of hydrogen-bond donors (Lipinski definition) is 0. The van der Waals surface area contributed by atoms with Crippen LogP contribution in [0.1, 0.15) is 5.56 Å². The fourth-order valence-electron chi connectivity index (χ4n) is 1.40. The van der Waals surface area contributed by atoms with Crippen molar-refractivity contribution in [3.63, 3.8) is 0 Å². The van der Waals surface area contributed by atoms with Gasteiger partial charge in [-0.3, -0.25) is 0 Å². The number of benzene rings is 2. The minimum atomic E-state index is -0.383. The first-order chi connectivity index (χ1) is 8.58. The van der Waals surface area contributed by atoms with Gasteiger partial charge in [0, 0.05) is 11.6 Å². The molecule has 18 heavy (non-hydrogen) atoms. The van der Waals surface area contributed by atoms with Crippen molar-refractivity contribution in [3.8, 4) is 5.75 Å². The van der Waals surface area contributed by atoms with Crippen molar-refractivity contribution in [1.82, 2.24) is 0 Å². The number of halogens is 4. The third-order valence-corrected chi connectivity index (χ3v) is 3.85. The molecule has 0 heterocycles. The molecule has 5 heteroatoms. The molecule has 0 saturated carbocycles. The lowest BCUT2D eigenvalue weighted by Crippen LogP contribution is -1.98. The average Bonchev–Trinajstić information content (AvgIpc) is 2.35. The van der Waals surface area contributed by atoms with E-state index >= 15 is 0 Å². The Bertz CT molecular complexity index is 571. The summed E-state index contributed by atoms with van der Waals surface area (Å²) in [6.45, 7) is 0.153. The van der Waals surface area contributed by atoms with E-state index in [0.29, 0.717) is 20.3 Å². The first-order valence-electron chi connectivity index (χ1n) is 5.08. The third kappa shape index (κ3) is 3.09. The highest BCUT2D eigenvalue weighted by Crippen LogP contribution is 2.28. The molecule has 0 atom stereocenters. The number of hydrogen-bond acceptors (Lipinski definition) is 1. The van der Waals surface area contributed by atoms with Crippen LogP contribution >= 0.6 is 31.9 Å². The third-order valence-electron chi connectivity index (χ3n) is 2.31. The molecular weight excluding hydrogens is 370 g/mol. The molecule has 0 aliphatic rings. The van der Waals surface area contributed by atoms with Crippen LogP contribution in [0.25, 0.3) is 0 Å². The topological polar surface area (TPSA) is 9.23 Å². The second-order valence-electron chi connectivity index (χ2n) is 3.58. The molecule has 0 amide bonds. The van der Waals surface area contributed by atoms with Gasteiger partial charge in [-0.05, 0) is 50.1 Å². The van der Waals surface area contributed by atoms with Gasteiger partial charge in [-0.15, -0.1) is 0 Å². The lowest BCUT2D eigenvalue weighted by atomic mass is 10.2. The Morgan fingerprint density at radius 3 is 2.61 bits per heavy atom. The minimum absolute atomic E-state index is 0.153. The molecule has 1 nitrogen and oxygen atoms in total. The maximum Gasteiger partial charge on any atom is 0.137 e. The Hall–Kier alpha value is -0.940. The molecule has 0 aromatic heterocycles. The zero-order chi connectivity index (χ0) is 13.1. The zero-order valence-electron chi connectivity index (χ0n) is 9.09. The van der Waals surface area contributed by atoms with Crippen molar-refractivity contribution in [3.05, 3.63) is 62.5 Å². The van der Waals surface area contributed by atoms with Gasteiger partial charge in [0.1, 0.15) is 24.0 Å². The van der Waals surface area contributed by atoms with Crippen molar-refractivity contribution in [2.45, 2.75) is 6.61 Å². The van der Waals surface area contributed by atoms with E-state index in [1.54, 1.807) is 18.2 Å². The van der Waals surface area contributed by atoms with Gasteiger partial charge in [-0.2, -0.15) is 0 Å². The lowest BCUT2D eigenvalue weighted by Gasteiger charge is -2.10. The summed E-state index contributed by atoms with van der Waals surface area (Å²) in [7, 11) is 0. The number of rotatable bonds is 3. The molecule has 0 aliphatic heterocycles. The fourth-order valence-corrected chi connectivity index (χ4v) is 2.14. The van der Waals surface area contributed by atoms with Crippen molar-refractivity contribution >= 4 is 31.9 Å². The van der Waals surface area contributed by atoms with E-state index in [1.165, 1.54) is 18.2 Å². The smallest absolute Gasteiger partial charge is 0.137 e. The Kier molecular flexibility index (Phi) is 4.35. The molecule has 0 unspecified atom stereocenters. The summed E-state index contributed by atoms with van der Waals surface area (Å²) in [5, 5.41) is 0. The SMILES string of the molecule is Fc1ccc(Br)c(OCc2cccc(F)c2Br)c1. The van der Waals surface area contributed by atoms with Crippen LogP contribution in [0.5, 0.6) is 5.75 Å². The zero-order valence-corrected chi connectivity index (χ0v) is 12.3. The van der Waals surface area contributed by atoms with Gasteiger partial charge in [0.15, 0.2) is 0 Å². The maximum atomic E-state index is 13.3. The van der Waals surface area contributed by atoms with Crippen LogP contribution in [0.15, 0.2) is 45.3 Å². The highest BCUT2D eigenvalue weighted by Gasteiger charge is 2.08. The van der Waals surface area contributed by atoms with Crippen molar-refractivity contribution in [2.75, 3.05) is 0 Å². The molecule has 2 rings (SSSR count). The Labute approximate surface area is 120 Å². The van der Waals surface area contributed by atoms with Gasteiger partial charge in [0.2, 0.25) is 0 Å². The fraction of sp³-hybridized carbons (Fsp3) is 0.0769. The Balaban J connectivity index is 2.16.